The zero-order valence-electron chi connectivity index (χ0n) is 13.8. The summed E-state index contributed by atoms with van der Waals surface area (Å²) in [4.78, 5) is 13.6. The highest BCUT2D eigenvalue weighted by Crippen LogP contribution is 2.43. The molecule has 1 amide bonds. The van der Waals surface area contributed by atoms with Gasteiger partial charge in [-0.2, -0.15) is 13.2 Å². The van der Waals surface area contributed by atoms with Crippen LogP contribution in [0.2, 0.25) is 0 Å². The van der Waals surface area contributed by atoms with Crippen molar-refractivity contribution in [2.24, 2.45) is 0 Å². The quantitative estimate of drug-likeness (QED) is 0.803. The van der Waals surface area contributed by atoms with Crippen molar-refractivity contribution >= 4 is 17.7 Å². The van der Waals surface area contributed by atoms with Crippen LogP contribution in [0.25, 0.3) is 0 Å². The Morgan fingerprint density at radius 2 is 1.88 bits per heavy atom. The number of aliphatic hydroxyl groups excluding tert-OH is 1. The fourth-order valence-electron chi connectivity index (χ4n) is 2.95. The second kappa shape index (κ2) is 7.39. The van der Waals surface area contributed by atoms with E-state index in [0.29, 0.717) is 17.3 Å². The van der Waals surface area contributed by atoms with E-state index in [1.165, 1.54) is 6.92 Å². The summed E-state index contributed by atoms with van der Waals surface area (Å²) >= 11 is 0.588. The topological polar surface area (TPSA) is 60.8 Å². The van der Waals surface area contributed by atoms with E-state index in [4.69, 9.17) is 0 Å². The molecule has 4 nitrogen and oxygen atoms in total. The van der Waals surface area contributed by atoms with Crippen LogP contribution in [-0.2, 0) is 4.79 Å². The van der Waals surface area contributed by atoms with Gasteiger partial charge in [-0.3, -0.25) is 9.69 Å². The average molecular weight is 375 g/mol. The Bertz CT molecular complexity index is 646. The van der Waals surface area contributed by atoms with Crippen molar-refractivity contribution in [3.8, 4) is 0 Å². The Hall–Kier alpha value is -1.51. The van der Waals surface area contributed by atoms with Crippen LogP contribution >= 0.6 is 11.8 Å². The molecule has 1 heterocycles. The van der Waals surface area contributed by atoms with Crippen LogP contribution in [0.15, 0.2) is 42.0 Å². The van der Waals surface area contributed by atoms with Gasteiger partial charge in [0.15, 0.2) is 5.72 Å². The maximum Gasteiger partial charge on any atom is 0.404 e. The van der Waals surface area contributed by atoms with Crippen molar-refractivity contribution < 1.29 is 28.2 Å². The number of amides is 1. The third-order valence-corrected chi connectivity index (χ3v) is 5.15. The van der Waals surface area contributed by atoms with Crippen LogP contribution < -0.4 is 0 Å². The minimum Gasteiger partial charge on any atom is -0.394 e. The van der Waals surface area contributed by atoms with E-state index < -0.39 is 41.3 Å². The van der Waals surface area contributed by atoms with E-state index >= 15 is 0 Å². The number of alkyl halides is 3. The standard InChI is InChI=1S/C17H20F3NO3S/c1-3-25-14(17(18,19)20)12-9-16(2,24)21(15(12)23)13(10-22)11-7-5-4-6-8-11/h4-9,13-14,22,24H,3,10H2,1-2H3. The summed E-state index contributed by atoms with van der Waals surface area (Å²) in [5.41, 5.74) is -1.90. The summed E-state index contributed by atoms with van der Waals surface area (Å²) in [7, 11) is 0. The smallest absolute Gasteiger partial charge is 0.394 e. The maximum atomic E-state index is 13.4. The van der Waals surface area contributed by atoms with Gasteiger partial charge in [-0.1, -0.05) is 37.3 Å². The number of halogens is 3. The molecule has 0 saturated carbocycles. The van der Waals surface area contributed by atoms with Gasteiger partial charge in [0.2, 0.25) is 0 Å². The number of hydrogen-bond donors (Lipinski definition) is 2. The lowest BCUT2D eigenvalue weighted by Crippen LogP contribution is -2.48. The van der Waals surface area contributed by atoms with Gasteiger partial charge in [-0.25, -0.2) is 0 Å². The highest BCUT2D eigenvalue weighted by Gasteiger charge is 2.52. The lowest BCUT2D eigenvalue weighted by molar-refractivity contribution is -0.151. The first-order valence-electron chi connectivity index (χ1n) is 7.76. The first-order valence-corrected chi connectivity index (χ1v) is 8.81. The Morgan fingerprint density at radius 1 is 1.28 bits per heavy atom. The number of benzene rings is 1. The van der Waals surface area contributed by atoms with Crippen LogP contribution in [0.4, 0.5) is 13.2 Å². The van der Waals surface area contributed by atoms with E-state index in [-0.39, 0.29) is 5.75 Å². The van der Waals surface area contributed by atoms with E-state index in [0.717, 1.165) is 11.0 Å². The van der Waals surface area contributed by atoms with E-state index in [1.54, 1.807) is 37.3 Å². The molecule has 8 heteroatoms. The molecule has 2 N–H and O–H groups in total. The number of thioether (sulfide) groups is 1. The SMILES string of the molecule is CCSC(C1=CC(C)(O)N(C(CO)c2ccccc2)C1=O)C(F)(F)F. The highest BCUT2D eigenvalue weighted by molar-refractivity contribution is 8.00. The normalized spacial score (nSPS) is 23.6. The zero-order chi connectivity index (χ0) is 18.8. The number of aliphatic hydroxyl groups is 2. The van der Waals surface area contributed by atoms with Crippen molar-refractivity contribution in [3.63, 3.8) is 0 Å². The van der Waals surface area contributed by atoms with Crippen LogP contribution in [0, 0.1) is 0 Å². The van der Waals surface area contributed by atoms with Crippen molar-refractivity contribution in [1.82, 2.24) is 4.90 Å². The van der Waals surface area contributed by atoms with Crippen LogP contribution in [-0.4, -0.2) is 50.5 Å². The molecule has 1 aromatic carbocycles. The molecule has 25 heavy (non-hydrogen) atoms. The third-order valence-electron chi connectivity index (χ3n) is 3.96. The van der Waals surface area contributed by atoms with Crippen molar-refractivity contribution in [3.05, 3.63) is 47.5 Å². The molecule has 1 aliphatic heterocycles. The van der Waals surface area contributed by atoms with Crippen molar-refractivity contribution in [2.45, 2.75) is 37.0 Å². The minimum atomic E-state index is -4.62. The predicted molar refractivity (Wildman–Crippen MR) is 89.8 cm³/mol. The Balaban J connectivity index is 2.42. The number of nitrogens with zero attached hydrogens (tertiary/aromatic N) is 1. The maximum absolute atomic E-state index is 13.4. The lowest BCUT2D eigenvalue weighted by Gasteiger charge is -2.36. The lowest BCUT2D eigenvalue weighted by atomic mass is 10.0. The Morgan fingerprint density at radius 3 is 2.36 bits per heavy atom. The molecule has 1 aliphatic rings. The molecular formula is C17H20F3NO3S. The molecule has 138 valence electrons. The summed E-state index contributed by atoms with van der Waals surface area (Å²) < 4.78 is 40.1. The summed E-state index contributed by atoms with van der Waals surface area (Å²) in [5.74, 6) is -0.754. The molecule has 0 radical (unpaired) electrons. The second-order valence-corrected chi connectivity index (χ2v) is 7.24. The van der Waals surface area contributed by atoms with Crippen molar-refractivity contribution in [1.29, 1.82) is 0 Å². The zero-order valence-corrected chi connectivity index (χ0v) is 14.6. The van der Waals surface area contributed by atoms with Gasteiger partial charge >= 0.3 is 6.18 Å². The Kier molecular flexibility index (Phi) is 5.86. The molecule has 3 atom stereocenters. The van der Waals surface area contributed by atoms with Gasteiger partial charge in [-0.05, 0) is 24.3 Å². The molecule has 2 rings (SSSR count). The Labute approximate surface area is 148 Å². The van der Waals surface area contributed by atoms with Gasteiger partial charge in [0.1, 0.15) is 5.25 Å². The second-order valence-electron chi connectivity index (χ2n) is 5.85. The summed E-state index contributed by atoms with van der Waals surface area (Å²) in [6, 6.07) is 7.45. The number of hydrogen-bond acceptors (Lipinski definition) is 4. The molecule has 0 aliphatic carbocycles. The summed E-state index contributed by atoms with van der Waals surface area (Å²) in [6.07, 6.45) is -3.67. The number of carbonyl (C=O) groups is 1. The first-order chi connectivity index (χ1) is 11.6. The fourth-order valence-corrected chi connectivity index (χ4v) is 3.82. The summed E-state index contributed by atoms with van der Waals surface area (Å²) in [5, 5.41) is 18.3. The molecule has 3 unspecified atom stereocenters. The van der Waals surface area contributed by atoms with Gasteiger partial charge in [0.25, 0.3) is 5.91 Å². The third kappa shape index (κ3) is 4.02. The van der Waals surface area contributed by atoms with Gasteiger partial charge < -0.3 is 10.2 Å². The van der Waals surface area contributed by atoms with Crippen LogP contribution in [0.5, 0.6) is 0 Å². The molecule has 0 bridgehead atoms. The minimum absolute atomic E-state index is 0.166. The van der Waals surface area contributed by atoms with Crippen LogP contribution in [0.3, 0.4) is 0 Å². The van der Waals surface area contributed by atoms with E-state index in [1.807, 2.05) is 0 Å². The van der Waals surface area contributed by atoms with E-state index in [2.05, 4.69) is 0 Å². The van der Waals surface area contributed by atoms with Crippen LogP contribution in [0.1, 0.15) is 25.5 Å². The first kappa shape index (κ1) is 19.8. The van der Waals surface area contributed by atoms with Gasteiger partial charge in [0, 0.05) is 5.57 Å². The monoisotopic (exact) mass is 375 g/mol. The average Bonchev–Trinajstić information content (AvgIpc) is 2.76. The van der Waals surface area contributed by atoms with Gasteiger partial charge in [0.05, 0.1) is 12.6 Å². The summed E-state index contributed by atoms with van der Waals surface area (Å²) in [6.45, 7) is 2.29. The van der Waals surface area contributed by atoms with Crippen molar-refractivity contribution in [2.75, 3.05) is 12.4 Å². The molecule has 0 spiro atoms. The van der Waals surface area contributed by atoms with Gasteiger partial charge in [-0.15, -0.1) is 11.8 Å². The number of carbonyl (C=O) groups excluding carboxylic acids is 1. The molecule has 0 fully saturated rings. The molecule has 0 saturated heterocycles. The predicted octanol–water partition coefficient (Wildman–Crippen LogP) is 2.88. The molecular weight excluding hydrogens is 355 g/mol. The molecule has 0 aromatic heterocycles. The molecule has 1 aromatic rings. The van der Waals surface area contributed by atoms with E-state index in [9.17, 15) is 28.2 Å². The number of rotatable bonds is 6. The fraction of sp³-hybridized carbons (Fsp3) is 0.471. The largest absolute Gasteiger partial charge is 0.404 e. The highest BCUT2D eigenvalue weighted by atomic mass is 32.2.